The minimum absolute atomic E-state index is 0.211. The topological polar surface area (TPSA) is 54.5 Å². The van der Waals surface area contributed by atoms with Gasteiger partial charge in [0.05, 0.1) is 27.0 Å². The highest BCUT2D eigenvalue weighted by atomic mass is 32.2. The first kappa shape index (κ1) is 14.8. The molecule has 3 aliphatic heterocycles. The van der Waals surface area contributed by atoms with Gasteiger partial charge in [-0.3, -0.25) is 13.8 Å². The summed E-state index contributed by atoms with van der Waals surface area (Å²) >= 11 is 0. The minimum Gasteiger partial charge on any atom is -0.274 e. The SMILES string of the molecule is CC1=C(C)[C@]2(C)[C@@H]3C(=O)N(c4ccccc4)C(=O)[C@@H]3[C@@]1(C)S2=O. The smallest absolute Gasteiger partial charge is 0.239 e. The van der Waals surface area contributed by atoms with Crippen LogP contribution in [0.25, 0.3) is 0 Å². The summed E-state index contributed by atoms with van der Waals surface area (Å²) in [6, 6.07) is 9.03. The largest absolute Gasteiger partial charge is 0.274 e. The van der Waals surface area contributed by atoms with Crippen molar-refractivity contribution in [1.29, 1.82) is 0 Å². The van der Waals surface area contributed by atoms with Gasteiger partial charge in [-0.25, -0.2) is 4.90 Å². The highest BCUT2D eigenvalue weighted by Crippen LogP contribution is 2.65. The lowest BCUT2D eigenvalue weighted by Gasteiger charge is -2.31. The summed E-state index contributed by atoms with van der Waals surface area (Å²) in [5.74, 6) is -1.47. The molecule has 0 aliphatic carbocycles. The van der Waals surface area contributed by atoms with Crippen molar-refractivity contribution < 1.29 is 13.8 Å². The molecule has 120 valence electrons. The van der Waals surface area contributed by atoms with Gasteiger partial charge in [0.1, 0.15) is 0 Å². The van der Waals surface area contributed by atoms with Crippen LogP contribution in [0.3, 0.4) is 0 Å². The third kappa shape index (κ3) is 1.37. The van der Waals surface area contributed by atoms with E-state index in [-0.39, 0.29) is 11.8 Å². The Morgan fingerprint density at radius 2 is 1.35 bits per heavy atom. The fraction of sp³-hybridized carbons (Fsp3) is 0.444. The Bertz CT molecular complexity index is 769. The van der Waals surface area contributed by atoms with Crippen LogP contribution in [-0.4, -0.2) is 25.5 Å². The van der Waals surface area contributed by atoms with Crippen LogP contribution in [0.15, 0.2) is 41.5 Å². The van der Waals surface area contributed by atoms with Gasteiger partial charge in [-0.1, -0.05) is 29.3 Å². The summed E-state index contributed by atoms with van der Waals surface area (Å²) in [6.07, 6.45) is 0. The van der Waals surface area contributed by atoms with Gasteiger partial charge in [0.2, 0.25) is 11.8 Å². The lowest BCUT2D eigenvalue weighted by Crippen LogP contribution is -2.42. The summed E-state index contributed by atoms with van der Waals surface area (Å²) in [7, 11) is -1.26. The molecule has 1 aromatic carbocycles. The Labute approximate surface area is 138 Å². The number of carbonyl (C=O) groups excluding carboxylic acids is 2. The van der Waals surface area contributed by atoms with E-state index in [1.54, 1.807) is 12.1 Å². The van der Waals surface area contributed by atoms with Crippen molar-refractivity contribution in [3.8, 4) is 0 Å². The average Bonchev–Trinajstić information content (AvgIpc) is 2.96. The molecular weight excluding hydrogens is 310 g/mol. The summed E-state index contributed by atoms with van der Waals surface area (Å²) in [4.78, 5) is 27.5. The summed E-state index contributed by atoms with van der Waals surface area (Å²) in [5, 5.41) is 0. The number of amides is 2. The molecule has 2 bridgehead atoms. The predicted octanol–water partition coefficient (Wildman–Crippen LogP) is 2.42. The van der Waals surface area contributed by atoms with Crippen molar-refractivity contribution in [2.75, 3.05) is 4.90 Å². The fourth-order valence-corrected chi connectivity index (χ4v) is 7.45. The number of rotatable bonds is 1. The molecule has 23 heavy (non-hydrogen) atoms. The number of fused-ring (bicyclic) bond motifs is 5. The molecule has 2 amide bonds. The summed E-state index contributed by atoms with van der Waals surface area (Å²) in [6.45, 7) is 7.68. The Morgan fingerprint density at radius 3 is 1.78 bits per heavy atom. The van der Waals surface area contributed by atoms with Crippen LogP contribution in [0, 0.1) is 11.8 Å². The van der Waals surface area contributed by atoms with E-state index in [1.807, 2.05) is 45.9 Å². The number of carbonyl (C=O) groups is 2. The number of para-hydroxylation sites is 1. The zero-order valence-corrected chi connectivity index (χ0v) is 14.4. The van der Waals surface area contributed by atoms with Gasteiger partial charge in [-0.05, 0) is 39.8 Å². The molecule has 2 fully saturated rings. The van der Waals surface area contributed by atoms with Gasteiger partial charge in [0, 0.05) is 10.8 Å². The van der Waals surface area contributed by atoms with Crippen molar-refractivity contribution in [1.82, 2.24) is 0 Å². The molecule has 0 N–H and O–H groups in total. The third-order valence-electron chi connectivity index (χ3n) is 6.33. The molecule has 0 spiro atoms. The number of imide groups is 1. The third-order valence-corrected chi connectivity index (χ3v) is 8.99. The Kier molecular flexibility index (Phi) is 2.71. The lowest BCUT2D eigenvalue weighted by atomic mass is 9.66. The first-order valence-corrected chi connectivity index (χ1v) is 8.95. The predicted molar refractivity (Wildman–Crippen MR) is 89.2 cm³/mol. The minimum atomic E-state index is -1.26. The van der Waals surface area contributed by atoms with Crippen LogP contribution >= 0.6 is 0 Å². The van der Waals surface area contributed by atoms with Crippen molar-refractivity contribution in [3.05, 3.63) is 41.5 Å². The lowest BCUT2D eigenvalue weighted by molar-refractivity contribution is -0.122. The van der Waals surface area contributed by atoms with Gasteiger partial charge in [-0.2, -0.15) is 0 Å². The molecule has 2 saturated heterocycles. The van der Waals surface area contributed by atoms with E-state index < -0.39 is 32.1 Å². The molecular formula is C18H19NO3S. The van der Waals surface area contributed by atoms with E-state index in [4.69, 9.17) is 0 Å². The highest BCUT2D eigenvalue weighted by Gasteiger charge is 2.76. The van der Waals surface area contributed by atoms with Crippen LogP contribution in [0.5, 0.6) is 0 Å². The number of hydrogen-bond acceptors (Lipinski definition) is 3. The van der Waals surface area contributed by atoms with Gasteiger partial charge in [-0.15, -0.1) is 0 Å². The van der Waals surface area contributed by atoms with Crippen LogP contribution < -0.4 is 4.90 Å². The van der Waals surface area contributed by atoms with E-state index in [1.165, 1.54) is 4.90 Å². The summed E-state index contributed by atoms with van der Waals surface area (Å²) in [5.41, 5.74) is 2.62. The zero-order valence-electron chi connectivity index (χ0n) is 13.6. The molecule has 5 atom stereocenters. The number of anilines is 1. The van der Waals surface area contributed by atoms with Crippen LogP contribution in [0.2, 0.25) is 0 Å². The van der Waals surface area contributed by atoms with Gasteiger partial charge < -0.3 is 0 Å². The zero-order chi connectivity index (χ0) is 16.7. The molecule has 0 aromatic heterocycles. The van der Waals surface area contributed by atoms with E-state index in [0.29, 0.717) is 5.69 Å². The Hall–Kier alpha value is -1.75. The van der Waals surface area contributed by atoms with Crippen LogP contribution in [0.4, 0.5) is 5.69 Å². The average molecular weight is 329 g/mol. The quantitative estimate of drug-likeness (QED) is 0.587. The monoisotopic (exact) mass is 329 g/mol. The van der Waals surface area contributed by atoms with E-state index in [9.17, 15) is 13.8 Å². The van der Waals surface area contributed by atoms with Crippen molar-refractivity contribution in [3.63, 3.8) is 0 Å². The molecule has 1 aromatic rings. The van der Waals surface area contributed by atoms with Gasteiger partial charge in [0.25, 0.3) is 0 Å². The van der Waals surface area contributed by atoms with Crippen LogP contribution in [0.1, 0.15) is 27.7 Å². The maximum absolute atomic E-state index is 13.1. The molecule has 5 heteroatoms. The second kappa shape index (κ2) is 4.20. The Morgan fingerprint density at radius 1 is 0.913 bits per heavy atom. The van der Waals surface area contributed by atoms with Crippen molar-refractivity contribution >= 4 is 28.3 Å². The number of hydrogen-bond donors (Lipinski definition) is 0. The number of nitrogens with zero attached hydrogens (tertiary/aromatic N) is 1. The maximum Gasteiger partial charge on any atom is 0.239 e. The standard InChI is InChI=1S/C18H19NO3S/c1-10-11(2)18(4)14-13(17(10,3)23(18)22)15(20)19(16(14)21)12-8-6-5-7-9-12/h5-9,13-14H,1-4H3/t13-,14+,17+,18-,23?. The van der Waals surface area contributed by atoms with Crippen molar-refractivity contribution in [2.24, 2.45) is 11.8 Å². The van der Waals surface area contributed by atoms with Gasteiger partial charge >= 0.3 is 0 Å². The fourth-order valence-electron chi connectivity index (χ4n) is 4.77. The van der Waals surface area contributed by atoms with E-state index in [2.05, 4.69) is 0 Å². The second-order valence-corrected chi connectivity index (χ2v) is 9.27. The highest BCUT2D eigenvalue weighted by molar-refractivity contribution is 7.89. The summed E-state index contributed by atoms with van der Waals surface area (Å²) < 4.78 is 11.7. The number of benzene rings is 1. The Balaban J connectivity index is 1.91. The van der Waals surface area contributed by atoms with Gasteiger partial charge in [0.15, 0.2) is 0 Å². The molecule has 3 aliphatic rings. The first-order chi connectivity index (χ1) is 10.8. The van der Waals surface area contributed by atoms with Crippen molar-refractivity contribution in [2.45, 2.75) is 37.2 Å². The van der Waals surface area contributed by atoms with E-state index in [0.717, 1.165) is 11.1 Å². The molecule has 4 rings (SSSR count). The first-order valence-electron chi connectivity index (χ1n) is 7.80. The maximum atomic E-state index is 13.1. The second-order valence-electron chi connectivity index (χ2n) is 7.04. The molecule has 1 unspecified atom stereocenters. The van der Waals surface area contributed by atoms with E-state index >= 15 is 0 Å². The molecule has 0 radical (unpaired) electrons. The molecule has 0 saturated carbocycles. The normalized spacial score (nSPS) is 41.9. The molecule has 4 nitrogen and oxygen atoms in total. The van der Waals surface area contributed by atoms with Crippen LogP contribution in [-0.2, 0) is 20.4 Å². The molecule has 3 heterocycles.